The smallest absolute Gasteiger partial charge is 0.253 e. The van der Waals surface area contributed by atoms with E-state index in [9.17, 15) is 14.4 Å². The summed E-state index contributed by atoms with van der Waals surface area (Å²) in [6.45, 7) is 2.42. The van der Waals surface area contributed by atoms with E-state index in [0.29, 0.717) is 29.3 Å². The quantitative estimate of drug-likeness (QED) is 0.824. The normalized spacial score (nSPS) is 17.9. The van der Waals surface area contributed by atoms with Crippen molar-refractivity contribution in [2.45, 2.75) is 19.9 Å². The summed E-state index contributed by atoms with van der Waals surface area (Å²) < 4.78 is 0. The second kappa shape index (κ2) is 7.61. The molecule has 1 aliphatic rings. The Morgan fingerprint density at radius 2 is 1.78 bits per heavy atom. The summed E-state index contributed by atoms with van der Waals surface area (Å²) in [5.74, 6) is -0.0496. The molecule has 27 heavy (non-hydrogen) atoms. The molecule has 140 valence electrons. The Bertz CT molecular complexity index is 876. The maximum Gasteiger partial charge on any atom is 0.253 e. The van der Waals surface area contributed by atoms with Gasteiger partial charge in [0.1, 0.15) is 0 Å². The number of carbonyl (C=O) groups excluding carboxylic acids is 3. The standard InChI is InChI=1S/C21H23N3O3/c1-13-10-18(13)20(26)23-17-8-6-15(7-9-17)21(27)24(2)12-14-4-3-5-16(11-14)19(22)25/h3-9,11,13,18H,10,12H2,1-2H3,(H2,22,25)(H,23,26). The third-order valence-electron chi connectivity index (χ3n) is 4.82. The van der Waals surface area contributed by atoms with Crippen LogP contribution in [0.2, 0.25) is 0 Å². The molecule has 6 heteroatoms. The third-order valence-corrected chi connectivity index (χ3v) is 4.82. The molecule has 2 aromatic rings. The van der Waals surface area contributed by atoms with E-state index in [1.54, 1.807) is 54.4 Å². The molecular formula is C21H23N3O3. The highest BCUT2D eigenvalue weighted by atomic mass is 16.2. The average Bonchev–Trinajstić information content (AvgIpc) is 3.39. The molecule has 0 aromatic heterocycles. The molecule has 3 rings (SSSR count). The minimum absolute atomic E-state index is 0.0352. The number of nitrogens with one attached hydrogen (secondary N) is 1. The van der Waals surface area contributed by atoms with E-state index in [0.717, 1.165) is 12.0 Å². The van der Waals surface area contributed by atoms with Gasteiger partial charge in [0.15, 0.2) is 0 Å². The Labute approximate surface area is 158 Å². The Morgan fingerprint density at radius 3 is 2.37 bits per heavy atom. The lowest BCUT2D eigenvalue weighted by molar-refractivity contribution is -0.117. The summed E-state index contributed by atoms with van der Waals surface area (Å²) >= 11 is 0. The Kier molecular flexibility index (Phi) is 5.26. The highest BCUT2D eigenvalue weighted by molar-refractivity contribution is 5.97. The van der Waals surface area contributed by atoms with Crippen molar-refractivity contribution in [1.29, 1.82) is 0 Å². The average molecular weight is 365 g/mol. The highest BCUT2D eigenvalue weighted by Gasteiger charge is 2.39. The number of nitrogens with two attached hydrogens (primary N) is 1. The van der Waals surface area contributed by atoms with Gasteiger partial charge in [0, 0.05) is 36.3 Å². The highest BCUT2D eigenvalue weighted by Crippen LogP contribution is 2.38. The van der Waals surface area contributed by atoms with Crippen LogP contribution in [-0.4, -0.2) is 29.7 Å². The lowest BCUT2D eigenvalue weighted by Gasteiger charge is -2.18. The Morgan fingerprint density at radius 1 is 1.11 bits per heavy atom. The predicted octanol–water partition coefficient (Wildman–Crippen LogP) is 2.65. The topological polar surface area (TPSA) is 92.5 Å². The molecule has 0 aliphatic heterocycles. The fourth-order valence-electron chi connectivity index (χ4n) is 3.01. The van der Waals surface area contributed by atoms with E-state index in [1.165, 1.54) is 0 Å². The summed E-state index contributed by atoms with van der Waals surface area (Å²) in [5, 5.41) is 2.88. The maximum atomic E-state index is 12.6. The second-order valence-corrected chi connectivity index (χ2v) is 7.11. The molecule has 0 bridgehead atoms. The number of primary amides is 1. The number of hydrogen-bond donors (Lipinski definition) is 2. The lowest BCUT2D eigenvalue weighted by atomic mass is 10.1. The van der Waals surface area contributed by atoms with Crippen LogP contribution in [0.1, 0.15) is 39.6 Å². The van der Waals surface area contributed by atoms with Gasteiger partial charge < -0.3 is 16.0 Å². The molecule has 0 radical (unpaired) electrons. The second-order valence-electron chi connectivity index (χ2n) is 7.11. The number of anilines is 1. The van der Waals surface area contributed by atoms with Gasteiger partial charge in [-0.15, -0.1) is 0 Å². The minimum Gasteiger partial charge on any atom is -0.366 e. The van der Waals surface area contributed by atoms with Crippen molar-refractivity contribution in [3.05, 3.63) is 65.2 Å². The van der Waals surface area contributed by atoms with Crippen molar-refractivity contribution in [3.8, 4) is 0 Å². The van der Waals surface area contributed by atoms with Gasteiger partial charge in [0.2, 0.25) is 11.8 Å². The van der Waals surface area contributed by atoms with Gasteiger partial charge in [0.25, 0.3) is 5.91 Å². The molecule has 1 fully saturated rings. The van der Waals surface area contributed by atoms with Crippen molar-refractivity contribution in [3.63, 3.8) is 0 Å². The van der Waals surface area contributed by atoms with Crippen LogP contribution in [0.5, 0.6) is 0 Å². The molecule has 1 saturated carbocycles. The van der Waals surface area contributed by atoms with Crippen molar-refractivity contribution < 1.29 is 14.4 Å². The fourth-order valence-corrected chi connectivity index (χ4v) is 3.01. The number of hydrogen-bond acceptors (Lipinski definition) is 3. The summed E-state index contributed by atoms with van der Waals surface area (Å²) in [4.78, 5) is 37.4. The van der Waals surface area contributed by atoms with Crippen LogP contribution in [0.4, 0.5) is 5.69 Å². The molecule has 0 heterocycles. The van der Waals surface area contributed by atoms with Gasteiger partial charge in [-0.1, -0.05) is 19.1 Å². The summed E-state index contributed by atoms with van der Waals surface area (Å²) in [7, 11) is 1.70. The number of benzene rings is 2. The molecule has 0 saturated heterocycles. The molecule has 3 N–H and O–H groups in total. The number of rotatable bonds is 6. The molecular weight excluding hydrogens is 342 g/mol. The van der Waals surface area contributed by atoms with Crippen LogP contribution in [0.3, 0.4) is 0 Å². The fraction of sp³-hybridized carbons (Fsp3) is 0.286. The van der Waals surface area contributed by atoms with Gasteiger partial charge in [-0.3, -0.25) is 14.4 Å². The molecule has 1 aliphatic carbocycles. The first-order valence-electron chi connectivity index (χ1n) is 8.90. The Hall–Kier alpha value is -3.15. The van der Waals surface area contributed by atoms with Crippen molar-refractivity contribution >= 4 is 23.4 Å². The van der Waals surface area contributed by atoms with Crippen LogP contribution in [0.25, 0.3) is 0 Å². The van der Waals surface area contributed by atoms with E-state index >= 15 is 0 Å². The van der Waals surface area contributed by atoms with Gasteiger partial charge in [-0.2, -0.15) is 0 Å². The van der Waals surface area contributed by atoms with E-state index in [1.807, 2.05) is 6.07 Å². The summed E-state index contributed by atoms with van der Waals surface area (Å²) in [6.07, 6.45) is 0.935. The van der Waals surface area contributed by atoms with Crippen molar-refractivity contribution in [2.75, 3.05) is 12.4 Å². The molecule has 6 nitrogen and oxygen atoms in total. The largest absolute Gasteiger partial charge is 0.366 e. The van der Waals surface area contributed by atoms with E-state index < -0.39 is 5.91 Å². The lowest BCUT2D eigenvalue weighted by Crippen LogP contribution is -2.26. The molecule has 2 aromatic carbocycles. The SMILES string of the molecule is CC1CC1C(=O)Nc1ccc(C(=O)N(C)Cc2cccc(C(N)=O)c2)cc1. The third kappa shape index (κ3) is 4.53. The van der Waals surface area contributed by atoms with Crippen molar-refractivity contribution in [1.82, 2.24) is 4.90 Å². The van der Waals surface area contributed by atoms with Crippen LogP contribution in [0.15, 0.2) is 48.5 Å². The first kappa shape index (κ1) is 18.6. The zero-order chi connectivity index (χ0) is 19.6. The number of nitrogens with zero attached hydrogens (tertiary/aromatic N) is 1. The maximum absolute atomic E-state index is 12.6. The first-order chi connectivity index (χ1) is 12.8. The van der Waals surface area contributed by atoms with Crippen LogP contribution in [-0.2, 0) is 11.3 Å². The predicted molar refractivity (Wildman–Crippen MR) is 103 cm³/mol. The van der Waals surface area contributed by atoms with Crippen LogP contribution in [0, 0.1) is 11.8 Å². The van der Waals surface area contributed by atoms with E-state index in [4.69, 9.17) is 5.73 Å². The number of carbonyl (C=O) groups is 3. The van der Waals surface area contributed by atoms with E-state index in [-0.39, 0.29) is 17.7 Å². The van der Waals surface area contributed by atoms with Gasteiger partial charge in [-0.25, -0.2) is 0 Å². The van der Waals surface area contributed by atoms with E-state index in [2.05, 4.69) is 12.2 Å². The van der Waals surface area contributed by atoms with Crippen LogP contribution >= 0.6 is 0 Å². The first-order valence-corrected chi connectivity index (χ1v) is 8.90. The molecule has 0 spiro atoms. The number of amides is 3. The monoisotopic (exact) mass is 365 g/mol. The summed E-state index contributed by atoms with van der Waals surface area (Å²) in [6, 6.07) is 13.8. The van der Waals surface area contributed by atoms with Gasteiger partial charge in [-0.05, 0) is 54.3 Å². The van der Waals surface area contributed by atoms with Crippen molar-refractivity contribution in [2.24, 2.45) is 17.6 Å². The molecule has 2 atom stereocenters. The van der Waals surface area contributed by atoms with Crippen LogP contribution < -0.4 is 11.1 Å². The minimum atomic E-state index is -0.496. The van der Waals surface area contributed by atoms with Gasteiger partial charge >= 0.3 is 0 Å². The molecule has 2 unspecified atom stereocenters. The summed E-state index contributed by atoms with van der Waals surface area (Å²) in [5.41, 5.74) is 7.75. The van der Waals surface area contributed by atoms with Gasteiger partial charge in [0.05, 0.1) is 0 Å². The zero-order valence-electron chi connectivity index (χ0n) is 15.4. The molecule has 3 amide bonds. The zero-order valence-corrected chi connectivity index (χ0v) is 15.4. The Balaban J connectivity index is 1.62.